The fourth-order valence-corrected chi connectivity index (χ4v) is 5.79. The molecular weight excluding hydrogens is 494 g/mol. The van der Waals surface area contributed by atoms with E-state index in [9.17, 15) is 8.76 Å². The molecule has 4 aromatic rings. The number of rotatable bonds is 9. The highest BCUT2D eigenvalue weighted by atomic mass is 32.8. The van der Waals surface area contributed by atoms with Crippen LogP contribution in [0.4, 0.5) is 0 Å². The van der Waals surface area contributed by atoms with Crippen LogP contribution in [0.25, 0.3) is 27.8 Å². The normalized spacial score (nSPS) is 14.9. The molecule has 0 aliphatic heterocycles. The molecule has 0 radical (unpaired) electrons. The topological polar surface area (TPSA) is 42.2 Å². The number of hydrogen-bond acceptors (Lipinski definition) is 2. The predicted octanol–water partition coefficient (Wildman–Crippen LogP) is 7.63. The van der Waals surface area contributed by atoms with E-state index in [0.717, 1.165) is 36.1 Å². The fourth-order valence-electron chi connectivity index (χ4n) is 4.97. The lowest BCUT2D eigenvalue weighted by Crippen LogP contribution is -2.20. The van der Waals surface area contributed by atoms with Crippen LogP contribution in [0.5, 0.6) is 0 Å². The monoisotopic (exact) mass is 529 g/mol. The first kappa shape index (κ1) is 27.1. The Morgan fingerprint density at radius 1 is 1.11 bits per heavy atom. The van der Waals surface area contributed by atoms with Crippen LogP contribution in [0.1, 0.15) is 44.7 Å². The first-order valence-corrected chi connectivity index (χ1v) is 15.1. The van der Waals surface area contributed by atoms with E-state index in [-0.39, 0.29) is 4.90 Å². The molecule has 37 heavy (non-hydrogen) atoms. The van der Waals surface area contributed by atoms with Crippen molar-refractivity contribution in [3.05, 3.63) is 108 Å². The van der Waals surface area contributed by atoms with Gasteiger partial charge in [0, 0.05) is 44.8 Å². The van der Waals surface area contributed by atoms with Gasteiger partial charge >= 0.3 is 0 Å². The smallest absolute Gasteiger partial charge is 0.171 e. The Morgan fingerprint density at radius 3 is 2.54 bits per heavy atom. The van der Waals surface area contributed by atoms with Crippen LogP contribution >= 0.6 is 0 Å². The van der Waals surface area contributed by atoms with Gasteiger partial charge in [0.1, 0.15) is 0 Å². The van der Waals surface area contributed by atoms with Gasteiger partial charge in [-0.2, -0.15) is 0 Å². The van der Waals surface area contributed by atoms with Gasteiger partial charge < -0.3 is 9.12 Å². The molecule has 1 atom stereocenters. The zero-order chi connectivity index (χ0) is 26.8. The third kappa shape index (κ3) is 5.49. The average molecular weight is 530 g/mol. The van der Waals surface area contributed by atoms with Gasteiger partial charge in [-0.1, -0.05) is 94.5 Å². The largest absolute Gasteiger partial charge is 0.340 e. The van der Waals surface area contributed by atoms with Crippen molar-refractivity contribution in [3.8, 4) is 0 Å². The third-order valence-corrected chi connectivity index (χ3v) is 8.66. The maximum absolute atomic E-state index is 12.0. The summed E-state index contributed by atoms with van der Waals surface area (Å²) in [5, 5.41) is 5.11. The van der Waals surface area contributed by atoms with Gasteiger partial charge in [-0.3, -0.25) is 0 Å². The molecule has 1 heterocycles. The lowest BCUT2D eigenvalue weighted by Gasteiger charge is -2.28. The summed E-state index contributed by atoms with van der Waals surface area (Å²) in [4.78, 5) is 0.264. The van der Waals surface area contributed by atoms with E-state index in [1.165, 1.54) is 27.0 Å². The molecule has 192 valence electrons. The number of hydrogen-bond donors (Lipinski definition) is 1. The quantitative estimate of drug-likeness (QED) is 0.227. The zero-order valence-electron chi connectivity index (χ0n) is 22.0. The van der Waals surface area contributed by atoms with Crippen molar-refractivity contribution in [1.82, 2.24) is 4.57 Å². The summed E-state index contributed by atoms with van der Waals surface area (Å²) in [6.07, 6.45) is 12.6. The van der Waals surface area contributed by atoms with Crippen molar-refractivity contribution >= 4 is 47.7 Å². The van der Waals surface area contributed by atoms with Crippen LogP contribution in [-0.4, -0.2) is 13.3 Å². The van der Waals surface area contributed by atoms with E-state index in [1.807, 2.05) is 31.2 Å². The zero-order valence-corrected chi connectivity index (χ0v) is 23.7. The summed E-state index contributed by atoms with van der Waals surface area (Å²) >= 11 is 4.79. The lowest BCUT2D eigenvalue weighted by atomic mass is 9.76. The standard InChI is InChI=1S/C32H35NO2S2/c1-6-7-21-33-29(27-16-11-14-25-15-12-18-30(33)31(25)27)17-10-8-9-13-24(3)32(4,5)28-22-26(37(34,35)36)20-19-23(28)2/h8-20,22H,3,6-7,21H2,1-2,4-5H3,(H,34,35,36)/b10-8+,13-9+,29-17+. The molecule has 0 amide bonds. The molecule has 0 spiro atoms. The molecule has 0 fully saturated rings. The van der Waals surface area contributed by atoms with E-state index < -0.39 is 14.2 Å². The number of nitrogens with zero attached hydrogens (tertiary/aromatic N) is 1. The van der Waals surface area contributed by atoms with Crippen molar-refractivity contribution in [2.45, 2.75) is 57.4 Å². The van der Waals surface area contributed by atoms with E-state index in [2.05, 4.69) is 80.5 Å². The molecule has 0 aliphatic carbocycles. The van der Waals surface area contributed by atoms with E-state index in [0.29, 0.717) is 0 Å². The molecule has 0 saturated heterocycles. The molecule has 5 heteroatoms. The Bertz CT molecular complexity index is 1680. The molecule has 3 aromatic carbocycles. The Kier molecular flexibility index (Phi) is 7.88. The summed E-state index contributed by atoms with van der Waals surface area (Å²) in [6, 6.07) is 18.3. The first-order chi connectivity index (χ1) is 17.6. The number of unbranched alkanes of at least 4 members (excludes halogenated alkanes) is 1. The van der Waals surface area contributed by atoms with E-state index in [4.69, 9.17) is 11.2 Å². The van der Waals surface area contributed by atoms with Crippen molar-refractivity contribution in [1.29, 1.82) is 0 Å². The summed E-state index contributed by atoms with van der Waals surface area (Å²) < 4.78 is 24.3. The van der Waals surface area contributed by atoms with Gasteiger partial charge in [-0.05, 0) is 59.7 Å². The second kappa shape index (κ2) is 10.8. The molecule has 1 aromatic heterocycles. The van der Waals surface area contributed by atoms with Gasteiger partial charge in [0.2, 0.25) is 0 Å². The summed E-state index contributed by atoms with van der Waals surface area (Å²) in [7, 11) is -3.44. The maximum Gasteiger partial charge on any atom is 0.171 e. The molecule has 0 bridgehead atoms. The summed E-state index contributed by atoms with van der Waals surface area (Å²) in [5.74, 6) is 0. The fraction of sp³-hybridized carbons (Fsp3) is 0.250. The summed E-state index contributed by atoms with van der Waals surface area (Å²) in [5.41, 5.74) is 3.74. The highest BCUT2D eigenvalue weighted by Crippen LogP contribution is 2.35. The first-order valence-electron chi connectivity index (χ1n) is 12.7. The molecular formula is C32H35NO2S2. The maximum atomic E-state index is 12.0. The van der Waals surface area contributed by atoms with Crippen LogP contribution < -0.4 is 5.35 Å². The van der Waals surface area contributed by atoms with Gasteiger partial charge in [0.15, 0.2) is 8.77 Å². The van der Waals surface area contributed by atoms with E-state index >= 15 is 0 Å². The predicted molar refractivity (Wildman–Crippen MR) is 162 cm³/mol. The van der Waals surface area contributed by atoms with Crippen LogP contribution in [0.3, 0.4) is 0 Å². The lowest BCUT2D eigenvalue weighted by molar-refractivity contribution is 0.560. The Hall–Kier alpha value is -2.99. The average Bonchev–Trinajstić information content (AvgIpc) is 3.16. The SMILES string of the molecule is C=C(/C=C/C=C/C=c1\c2cccc3cccc(c32)n1CCCC)C(C)(C)c1cc(S(=O)(O)=S)ccc1C. The molecule has 3 nitrogen and oxygen atoms in total. The number of aryl methyl sites for hydroxylation is 2. The number of benzene rings is 3. The van der Waals surface area contributed by atoms with Crippen molar-refractivity contribution < 1.29 is 8.76 Å². The second-order valence-corrected chi connectivity index (χ2v) is 12.9. The van der Waals surface area contributed by atoms with Crippen LogP contribution in [0, 0.1) is 6.92 Å². The van der Waals surface area contributed by atoms with Gasteiger partial charge in [-0.15, -0.1) is 0 Å². The van der Waals surface area contributed by atoms with Crippen LogP contribution in [-0.2, 0) is 31.9 Å². The number of aromatic nitrogens is 1. The molecule has 0 saturated carbocycles. The van der Waals surface area contributed by atoms with Gasteiger partial charge in [0.25, 0.3) is 0 Å². The van der Waals surface area contributed by atoms with E-state index in [1.54, 1.807) is 12.1 Å². The van der Waals surface area contributed by atoms with Crippen molar-refractivity contribution in [2.24, 2.45) is 0 Å². The highest BCUT2D eigenvalue weighted by Gasteiger charge is 2.25. The highest BCUT2D eigenvalue weighted by molar-refractivity contribution is 8.29. The third-order valence-electron chi connectivity index (χ3n) is 7.23. The Balaban J connectivity index is 1.64. The molecule has 1 unspecified atom stereocenters. The van der Waals surface area contributed by atoms with Crippen molar-refractivity contribution in [3.63, 3.8) is 0 Å². The minimum absolute atomic E-state index is 0.264. The minimum Gasteiger partial charge on any atom is -0.340 e. The Morgan fingerprint density at radius 2 is 1.84 bits per heavy atom. The Labute approximate surface area is 225 Å². The van der Waals surface area contributed by atoms with Gasteiger partial charge in [-0.25, -0.2) is 4.21 Å². The van der Waals surface area contributed by atoms with Crippen LogP contribution in [0.2, 0.25) is 0 Å². The molecule has 0 aliphatic rings. The minimum atomic E-state index is -3.44. The summed E-state index contributed by atoms with van der Waals surface area (Å²) in [6.45, 7) is 13.7. The molecule has 4 rings (SSSR count). The second-order valence-electron chi connectivity index (χ2n) is 10.1. The van der Waals surface area contributed by atoms with Gasteiger partial charge in [0.05, 0.1) is 4.90 Å². The van der Waals surface area contributed by atoms with Crippen molar-refractivity contribution in [2.75, 3.05) is 0 Å². The number of allylic oxidation sites excluding steroid dienone is 5. The molecule has 1 N–H and O–H groups in total. The van der Waals surface area contributed by atoms with Crippen LogP contribution in [0.15, 0.2) is 95.9 Å².